The average molecular weight is 423 g/mol. The van der Waals surface area contributed by atoms with E-state index in [0.29, 0.717) is 18.2 Å². The summed E-state index contributed by atoms with van der Waals surface area (Å²) >= 11 is 0. The van der Waals surface area contributed by atoms with Gasteiger partial charge in [-0.25, -0.2) is 9.48 Å². The molecule has 1 heterocycles. The third-order valence-corrected chi connectivity index (χ3v) is 4.73. The Balaban J connectivity index is 1.94. The van der Waals surface area contributed by atoms with Crippen LogP contribution in [0.5, 0.6) is 5.75 Å². The molecular weight excluding hydrogens is 392 g/mol. The van der Waals surface area contributed by atoms with Crippen LogP contribution in [0.2, 0.25) is 0 Å². The summed E-state index contributed by atoms with van der Waals surface area (Å²) in [6, 6.07) is 19.9. The monoisotopic (exact) mass is 422 g/mol. The first-order valence-electron chi connectivity index (χ1n) is 10.4. The van der Waals surface area contributed by atoms with Crippen molar-refractivity contribution in [3.63, 3.8) is 0 Å². The van der Waals surface area contributed by atoms with E-state index >= 15 is 0 Å². The summed E-state index contributed by atoms with van der Waals surface area (Å²) in [5.74, 6) is 0.835. The lowest BCUT2D eigenvalue weighted by Gasteiger charge is -2.21. The Morgan fingerprint density at radius 3 is 2.48 bits per heavy atom. The number of hydrogen-bond acceptors (Lipinski definition) is 5. The van der Waals surface area contributed by atoms with Crippen molar-refractivity contribution < 1.29 is 19.0 Å². The molecule has 164 valence electrons. The molecule has 1 aromatic heterocycles. The van der Waals surface area contributed by atoms with E-state index in [1.54, 1.807) is 13.8 Å². The lowest BCUT2D eigenvalue weighted by atomic mass is 10.1. The van der Waals surface area contributed by atoms with Gasteiger partial charge in [0.1, 0.15) is 5.75 Å². The molecule has 0 atom stereocenters. The number of aromatic nitrogens is 2. The lowest BCUT2D eigenvalue weighted by Crippen LogP contribution is -2.35. The summed E-state index contributed by atoms with van der Waals surface area (Å²) in [6.07, 6.45) is 0. The van der Waals surface area contributed by atoms with Crippen LogP contribution in [0.3, 0.4) is 0 Å². The molecule has 0 N–H and O–H groups in total. The van der Waals surface area contributed by atoms with Crippen LogP contribution < -0.4 is 4.74 Å². The molecule has 3 aromatic rings. The lowest BCUT2D eigenvalue weighted by molar-refractivity contribution is -0.166. The largest absolute Gasteiger partial charge is 0.493 e. The van der Waals surface area contributed by atoms with Crippen molar-refractivity contribution in [2.24, 2.45) is 5.92 Å². The minimum atomic E-state index is -1.06. The maximum absolute atomic E-state index is 11.9. The number of ether oxygens (including phenoxy) is 3. The molecule has 0 unspecified atom stereocenters. The molecule has 0 bridgehead atoms. The zero-order chi connectivity index (χ0) is 22.4. The Morgan fingerprint density at radius 2 is 1.81 bits per heavy atom. The first-order chi connectivity index (χ1) is 14.8. The zero-order valence-corrected chi connectivity index (χ0v) is 18.8. The Morgan fingerprint density at radius 1 is 1.06 bits per heavy atom. The van der Waals surface area contributed by atoms with E-state index in [1.165, 1.54) is 7.11 Å². The quantitative estimate of drug-likeness (QED) is 0.452. The molecule has 2 aromatic carbocycles. The zero-order valence-electron chi connectivity index (χ0n) is 18.8. The SMILES string of the molecule is COC(=O)C(C)(C)OCc1cc(-c2cccc(OCC(C)C)c2)n(-c2ccccc2)n1. The van der Waals surface area contributed by atoms with Crippen molar-refractivity contribution in [3.8, 4) is 22.7 Å². The van der Waals surface area contributed by atoms with E-state index in [-0.39, 0.29) is 6.61 Å². The second kappa shape index (κ2) is 9.79. The van der Waals surface area contributed by atoms with E-state index in [0.717, 1.165) is 22.7 Å². The fraction of sp³-hybridized carbons (Fsp3) is 0.360. The molecule has 31 heavy (non-hydrogen) atoms. The predicted molar refractivity (Wildman–Crippen MR) is 120 cm³/mol. The van der Waals surface area contributed by atoms with Gasteiger partial charge in [0.25, 0.3) is 0 Å². The maximum Gasteiger partial charge on any atom is 0.337 e. The van der Waals surface area contributed by atoms with Crippen molar-refractivity contribution in [3.05, 3.63) is 66.4 Å². The van der Waals surface area contributed by atoms with Crippen LogP contribution >= 0.6 is 0 Å². The van der Waals surface area contributed by atoms with Crippen LogP contribution in [0.4, 0.5) is 0 Å². The van der Waals surface area contributed by atoms with Crippen LogP contribution in [0, 0.1) is 5.92 Å². The highest BCUT2D eigenvalue weighted by atomic mass is 16.6. The molecule has 0 aliphatic carbocycles. The van der Waals surface area contributed by atoms with Crippen LogP contribution in [-0.2, 0) is 20.9 Å². The van der Waals surface area contributed by atoms with Gasteiger partial charge in [-0.05, 0) is 50.1 Å². The van der Waals surface area contributed by atoms with Crippen molar-refractivity contribution in [2.45, 2.75) is 39.9 Å². The Bertz CT molecular complexity index is 1010. The Kier molecular flexibility index (Phi) is 7.13. The predicted octanol–water partition coefficient (Wildman–Crippen LogP) is 5.04. The summed E-state index contributed by atoms with van der Waals surface area (Å²) in [5.41, 5.74) is 2.48. The van der Waals surface area contributed by atoms with Crippen molar-refractivity contribution in [1.29, 1.82) is 0 Å². The highest BCUT2D eigenvalue weighted by molar-refractivity contribution is 5.78. The highest BCUT2D eigenvalue weighted by Gasteiger charge is 2.30. The summed E-state index contributed by atoms with van der Waals surface area (Å²) in [5, 5.41) is 4.75. The first kappa shape index (κ1) is 22.6. The van der Waals surface area contributed by atoms with Gasteiger partial charge in [-0.15, -0.1) is 0 Å². The highest BCUT2D eigenvalue weighted by Crippen LogP contribution is 2.28. The average Bonchev–Trinajstić information content (AvgIpc) is 3.21. The summed E-state index contributed by atoms with van der Waals surface area (Å²) in [4.78, 5) is 11.9. The van der Waals surface area contributed by atoms with Gasteiger partial charge in [0, 0.05) is 5.56 Å². The Hall–Kier alpha value is -3.12. The molecule has 3 rings (SSSR count). The van der Waals surface area contributed by atoms with Gasteiger partial charge in [0.15, 0.2) is 5.60 Å². The van der Waals surface area contributed by atoms with E-state index in [9.17, 15) is 4.79 Å². The molecule has 0 saturated heterocycles. The van der Waals surface area contributed by atoms with Crippen molar-refractivity contribution >= 4 is 5.97 Å². The van der Waals surface area contributed by atoms with Crippen LogP contribution in [0.15, 0.2) is 60.7 Å². The number of hydrogen-bond donors (Lipinski definition) is 0. The maximum atomic E-state index is 11.9. The minimum absolute atomic E-state index is 0.179. The van der Waals surface area contributed by atoms with E-state index in [4.69, 9.17) is 19.3 Å². The van der Waals surface area contributed by atoms with Gasteiger partial charge in [-0.1, -0.05) is 44.2 Å². The molecule has 6 nitrogen and oxygen atoms in total. The molecule has 6 heteroatoms. The third kappa shape index (κ3) is 5.73. The standard InChI is InChI=1S/C25H30N2O4/c1-18(2)16-30-22-13-9-10-19(14-22)23-15-20(17-31-25(3,4)24(28)29-5)26-27(23)21-11-7-6-8-12-21/h6-15,18H,16-17H2,1-5H3. The number of rotatable bonds is 9. The fourth-order valence-electron chi connectivity index (χ4n) is 3.04. The van der Waals surface area contributed by atoms with E-state index < -0.39 is 11.6 Å². The van der Waals surface area contributed by atoms with Gasteiger partial charge in [-0.2, -0.15) is 5.10 Å². The molecule has 0 radical (unpaired) electrons. The molecule has 0 spiro atoms. The summed E-state index contributed by atoms with van der Waals surface area (Å²) < 4.78 is 18.4. The molecule has 0 amide bonds. The van der Waals surface area contributed by atoms with E-state index in [2.05, 4.69) is 13.8 Å². The van der Waals surface area contributed by atoms with Crippen molar-refractivity contribution in [1.82, 2.24) is 9.78 Å². The first-order valence-corrected chi connectivity index (χ1v) is 10.4. The molecule has 0 aliphatic rings. The van der Waals surface area contributed by atoms with Crippen molar-refractivity contribution in [2.75, 3.05) is 13.7 Å². The molecular formula is C25H30N2O4. The Labute approximate surface area is 183 Å². The van der Waals surface area contributed by atoms with Gasteiger partial charge >= 0.3 is 5.97 Å². The van der Waals surface area contributed by atoms with Crippen LogP contribution in [0.25, 0.3) is 16.9 Å². The van der Waals surface area contributed by atoms with Gasteiger partial charge in [0.2, 0.25) is 0 Å². The minimum Gasteiger partial charge on any atom is -0.493 e. The number of para-hydroxylation sites is 1. The normalized spacial score (nSPS) is 11.5. The van der Waals surface area contributed by atoms with Gasteiger partial charge in [-0.3, -0.25) is 0 Å². The number of nitrogens with zero attached hydrogens (tertiary/aromatic N) is 2. The summed E-state index contributed by atoms with van der Waals surface area (Å²) in [6.45, 7) is 8.45. The number of benzene rings is 2. The van der Waals surface area contributed by atoms with Gasteiger partial charge in [0.05, 0.1) is 37.4 Å². The molecule has 0 saturated carbocycles. The van der Waals surface area contributed by atoms with Crippen LogP contribution in [-0.4, -0.2) is 35.1 Å². The topological polar surface area (TPSA) is 62.6 Å². The van der Waals surface area contributed by atoms with Gasteiger partial charge < -0.3 is 14.2 Å². The second-order valence-corrected chi connectivity index (χ2v) is 8.29. The number of esters is 1. The second-order valence-electron chi connectivity index (χ2n) is 8.29. The number of methoxy groups -OCH3 is 1. The smallest absolute Gasteiger partial charge is 0.337 e. The number of carbonyl (C=O) groups is 1. The third-order valence-electron chi connectivity index (χ3n) is 4.73. The summed E-state index contributed by atoms with van der Waals surface area (Å²) in [7, 11) is 1.35. The fourth-order valence-corrected chi connectivity index (χ4v) is 3.04. The molecule has 0 aliphatic heterocycles. The number of carbonyl (C=O) groups excluding carboxylic acids is 1. The van der Waals surface area contributed by atoms with Crippen LogP contribution in [0.1, 0.15) is 33.4 Å². The van der Waals surface area contributed by atoms with E-state index in [1.807, 2.05) is 65.3 Å². The molecule has 0 fully saturated rings.